The van der Waals surface area contributed by atoms with E-state index >= 15 is 0 Å². The predicted octanol–water partition coefficient (Wildman–Crippen LogP) is 4.30. The molecule has 28 heavy (non-hydrogen) atoms. The zero-order chi connectivity index (χ0) is 19.3. The van der Waals surface area contributed by atoms with E-state index in [1.54, 1.807) is 12.3 Å². The lowest BCUT2D eigenvalue weighted by Crippen LogP contribution is -2.26. The molecule has 0 atom stereocenters. The van der Waals surface area contributed by atoms with Crippen LogP contribution in [-0.2, 0) is 6.42 Å². The van der Waals surface area contributed by atoms with Gasteiger partial charge in [-0.1, -0.05) is 36.4 Å². The van der Waals surface area contributed by atoms with Crippen LogP contribution in [0.3, 0.4) is 0 Å². The average Bonchev–Trinajstić information content (AvgIpc) is 3.17. The third-order valence-electron chi connectivity index (χ3n) is 4.87. The Morgan fingerprint density at radius 2 is 1.79 bits per heavy atom. The van der Waals surface area contributed by atoms with E-state index in [0.717, 1.165) is 23.3 Å². The molecule has 0 aliphatic heterocycles. The fourth-order valence-corrected chi connectivity index (χ4v) is 3.26. The van der Waals surface area contributed by atoms with E-state index in [0.29, 0.717) is 12.2 Å². The molecular weight excluding hydrogens is 348 g/mol. The average molecular weight is 370 g/mol. The van der Waals surface area contributed by atoms with Gasteiger partial charge >= 0.3 is 0 Å². The summed E-state index contributed by atoms with van der Waals surface area (Å²) in [6.45, 7) is 0.564. The Bertz CT molecular complexity index is 1070. The standard InChI is InChI=1S/C23H22N4O/c1-27(18-7-3-2-4-8-18)19-11-12-22(26-16-19)23(28)24-14-13-17-15-25-21-10-6-5-9-20(17)21/h2-12,15-16,25H,13-14H2,1H3,(H,24,28). The van der Waals surface area contributed by atoms with Crippen molar-refractivity contribution in [2.45, 2.75) is 6.42 Å². The number of carbonyl (C=O) groups excluding carboxylic acids is 1. The van der Waals surface area contributed by atoms with Gasteiger partial charge in [-0.15, -0.1) is 0 Å². The number of aromatic amines is 1. The summed E-state index contributed by atoms with van der Waals surface area (Å²) in [7, 11) is 1.98. The zero-order valence-electron chi connectivity index (χ0n) is 15.7. The van der Waals surface area contributed by atoms with E-state index < -0.39 is 0 Å². The highest BCUT2D eigenvalue weighted by Gasteiger charge is 2.10. The number of pyridine rings is 1. The number of fused-ring (bicyclic) bond motifs is 1. The molecule has 2 aromatic heterocycles. The summed E-state index contributed by atoms with van der Waals surface area (Å²) in [6.07, 6.45) is 4.50. The van der Waals surface area contributed by atoms with Crippen LogP contribution < -0.4 is 10.2 Å². The molecule has 5 nitrogen and oxygen atoms in total. The van der Waals surface area contributed by atoms with Crippen molar-refractivity contribution in [3.8, 4) is 0 Å². The lowest BCUT2D eigenvalue weighted by atomic mass is 10.1. The van der Waals surface area contributed by atoms with Crippen LogP contribution in [0.25, 0.3) is 10.9 Å². The summed E-state index contributed by atoms with van der Waals surface area (Å²) in [6, 6.07) is 21.9. The summed E-state index contributed by atoms with van der Waals surface area (Å²) >= 11 is 0. The fraction of sp³-hybridized carbons (Fsp3) is 0.130. The third kappa shape index (κ3) is 3.74. The van der Waals surface area contributed by atoms with Crippen molar-refractivity contribution < 1.29 is 4.79 Å². The molecule has 0 saturated heterocycles. The maximum absolute atomic E-state index is 12.4. The van der Waals surface area contributed by atoms with Crippen LogP contribution in [0, 0.1) is 0 Å². The Morgan fingerprint density at radius 1 is 1.00 bits per heavy atom. The Hall–Kier alpha value is -3.60. The Balaban J connectivity index is 1.36. The van der Waals surface area contributed by atoms with Gasteiger partial charge in [-0.25, -0.2) is 4.98 Å². The highest BCUT2D eigenvalue weighted by Crippen LogP contribution is 2.22. The van der Waals surface area contributed by atoms with Gasteiger partial charge in [-0.3, -0.25) is 4.79 Å². The predicted molar refractivity (Wildman–Crippen MR) is 113 cm³/mol. The topological polar surface area (TPSA) is 61.0 Å². The van der Waals surface area contributed by atoms with Crippen molar-refractivity contribution in [1.29, 1.82) is 0 Å². The first-order chi connectivity index (χ1) is 13.7. The lowest BCUT2D eigenvalue weighted by molar-refractivity contribution is 0.0949. The lowest BCUT2D eigenvalue weighted by Gasteiger charge is -2.19. The first kappa shape index (κ1) is 17.8. The molecule has 2 aromatic carbocycles. The minimum atomic E-state index is -0.159. The van der Waals surface area contributed by atoms with Crippen LogP contribution in [0.15, 0.2) is 79.1 Å². The smallest absolute Gasteiger partial charge is 0.269 e. The van der Waals surface area contributed by atoms with E-state index in [1.807, 2.05) is 66.7 Å². The monoisotopic (exact) mass is 370 g/mol. The summed E-state index contributed by atoms with van der Waals surface area (Å²) in [5.74, 6) is -0.159. The molecule has 0 saturated carbocycles. The zero-order valence-corrected chi connectivity index (χ0v) is 15.7. The molecule has 2 heterocycles. The number of nitrogens with zero attached hydrogens (tertiary/aromatic N) is 2. The molecule has 0 fully saturated rings. The maximum Gasteiger partial charge on any atom is 0.269 e. The highest BCUT2D eigenvalue weighted by molar-refractivity contribution is 5.92. The SMILES string of the molecule is CN(c1ccccc1)c1ccc(C(=O)NCCc2c[nH]c3ccccc23)nc1. The number of rotatable bonds is 6. The van der Waals surface area contributed by atoms with E-state index in [4.69, 9.17) is 0 Å². The van der Waals surface area contributed by atoms with Crippen LogP contribution >= 0.6 is 0 Å². The fourth-order valence-electron chi connectivity index (χ4n) is 3.26. The first-order valence-electron chi connectivity index (χ1n) is 9.30. The summed E-state index contributed by atoms with van der Waals surface area (Å²) in [4.78, 5) is 22.0. The number of carbonyl (C=O) groups is 1. The number of hydrogen-bond acceptors (Lipinski definition) is 3. The molecule has 140 valence electrons. The second kappa shape index (κ2) is 7.96. The first-order valence-corrected chi connectivity index (χ1v) is 9.30. The van der Waals surface area contributed by atoms with E-state index in [9.17, 15) is 4.79 Å². The van der Waals surface area contributed by atoms with Gasteiger partial charge in [0.25, 0.3) is 5.91 Å². The second-order valence-corrected chi connectivity index (χ2v) is 6.66. The van der Waals surface area contributed by atoms with Gasteiger partial charge in [0, 0.05) is 36.4 Å². The molecule has 0 radical (unpaired) electrons. The number of amides is 1. The molecule has 0 spiro atoms. The van der Waals surface area contributed by atoms with Crippen molar-refractivity contribution in [3.63, 3.8) is 0 Å². The Morgan fingerprint density at radius 3 is 2.57 bits per heavy atom. The number of hydrogen-bond donors (Lipinski definition) is 2. The van der Waals surface area contributed by atoms with Crippen molar-refractivity contribution in [1.82, 2.24) is 15.3 Å². The number of para-hydroxylation sites is 2. The number of H-pyrrole nitrogens is 1. The van der Waals surface area contributed by atoms with Crippen molar-refractivity contribution in [2.75, 3.05) is 18.5 Å². The largest absolute Gasteiger partial charge is 0.361 e. The molecule has 0 aliphatic rings. The van der Waals surface area contributed by atoms with Crippen molar-refractivity contribution >= 4 is 28.2 Å². The molecule has 0 bridgehead atoms. The van der Waals surface area contributed by atoms with Gasteiger partial charge in [-0.2, -0.15) is 0 Å². The maximum atomic E-state index is 12.4. The minimum Gasteiger partial charge on any atom is -0.361 e. The van der Waals surface area contributed by atoms with Crippen LogP contribution in [0.1, 0.15) is 16.1 Å². The van der Waals surface area contributed by atoms with E-state index in [-0.39, 0.29) is 5.91 Å². The molecular formula is C23H22N4O. The molecule has 2 N–H and O–H groups in total. The van der Waals surface area contributed by atoms with Gasteiger partial charge in [0.1, 0.15) is 5.69 Å². The Labute approximate surface area is 164 Å². The Kier molecular flexibility index (Phi) is 5.06. The van der Waals surface area contributed by atoms with Crippen molar-refractivity contribution in [2.24, 2.45) is 0 Å². The quantitative estimate of drug-likeness (QED) is 0.532. The molecule has 4 rings (SSSR count). The normalized spacial score (nSPS) is 10.8. The third-order valence-corrected chi connectivity index (χ3v) is 4.87. The molecule has 0 aliphatic carbocycles. The van der Waals surface area contributed by atoms with Gasteiger partial charge < -0.3 is 15.2 Å². The number of aromatic nitrogens is 2. The molecule has 1 amide bonds. The second-order valence-electron chi connectivity index (χ2n) is 6.66. The summed E-state index contributed by atoms with van der Waals surface area (Å²) in [5, 5.41) is 4.15. The summed E-state index contributed by atoms with van der Waals surface area (Å²) < 4.78 is 0. The number of anilines is 2. The van der Waals surface area contributed by atoms with E-state index in [1.165, 1.54) is 10.9 Å². The van der Waals surface area contributed by atoms with Gasteiger partial charge in [0.2, 0.25) is 0 Å². The van der Waals surface area contributed by atoms with Crippen molar-refractivity contribution in [3.05, 3.63) is 90.4 Å². The van der Waals surface area contributed by atoms with Gasteiger partial charge in [0.15, 0.2) is 0 Å². The van der Waals surface area contributed by atoms with Crippen LogP contribution in [0.5, 0.6) is 0 Å². The summed E-state index contributed by atoms with van der Waals surface area (Å²) in [5.41, 5.74) is 4.73. The minimum absolute atomic E-state index is 0.159. The number of nitrogens with one attached hydrogen (secondary N) is 2. The van der Waals surface area contributed by atoms with Gasteiger partial charge in [-0.05, 0) is 42.3 Å². The molecule has 4 aromatic rings. The number of benzene rings is 2. The molecule has 5 heteroatoms. The van der Waals surface area contributed by atoms with Crippen LogP contribution in [0.2, 0.25) is 0 Å². The van der Waals surface area contributed by atoms with Gasteiger partial charge in [0.05, 0.1) is 11.9 Å². The van der Waals surface area contributed by atoms with Crippen LogP contribution in [0.4, 0.5) is 11.4 Å². The molecule has 0 unspecified atom stereocenters. The van der Waals surface area contributed by atoms with E-state index in [2.05, 4.69) is 27.4 Å². The highest BCUT2D eigenvalue weighted by atomic mass is 16.1. The van der Waals surface area contributed by atoms with Crippen LogP contribution in [-0.4, -0.2) is 29.5 Å².